The molecular weight excluding hydrogens is 490 g/mol. The minimum absolute atomic E-state index is 0.000109. The molecule has 2 N–H and O–H groups in total. The van der Waals surface area contributed by atoms with Gasteiger partial charge in [-0.05, 0) is 68.0 Å². The van der Waals surface area contributed by atoms with Crippen molar-refractivity contribution in [1.29, 1.82) is 0 Å². The van der Waals surface area contributed by atoms with E-state index >= 15 is 0 Å². The third-order valence-corrected chi connectivity index (χ3v) is 7.63. The lowest BCUT2D eigenvalue weighted by molar-refractivity contribution is 0.148. The Bertz CT molecular complexity index is 1390. The average Bonchev–Trinajstić information content (AvgIpc) is 2.92. The number of hydrogen-bond donors (Lipinski definition) is 2. The zero-order chi connectivity index (χ0) is 25.8. The summed E-state index contributed by atoms with van der Waals surface area (Å²) in [6, 6.07) is 12.8. The second-order valence-corrected chi connectivity index (χ2v) is 10.1. The minimum atomic E-state index is -2.53. The molecule has 0 radical (unpaired) electrons. The van der Waals surface area contributed by atoms with E-state index in [1.54, 1.807) is 24.4 Å². The van der Waals surface area contributed by atoms with Gasteiger partial charge in [0.05, 0.1) is 17.4 Å². The molecule has 192 valence electrons. The predicted octanol–water partition coefficient (Wildman–Crippen LogP) is 7.76. The molecule has 1 aliphatic rings. The maximum atomic E-state index is 13.3. The number of alkyl halides is 2. The van der Waals surface area contributed by atoms with Crippen molar-refractivity contribution in [3.8, 4) is 11.3 Å². The summed E-state index contributed by atoms with van der Waals surface area (Å²) >= 11 is 1.13. The van der Waals surface area contributed by atoms with E-state index in [1.807, 2.05) is 19.1 Å². The number of aryl methyl sites for hydroxylation is 2. The number of halogens is 2. The molecule has 1 aliphatic carbocycles. The fourth-order valence-electron chi connectivity index (χ4n) is 4.75. The van der Waals surface area contributed by atoms with Crippen LogP contribution >= 0.6 is 11.9 Å². The highest BCUT2D eigenvalue weighted by Gasteiger charge is 2.17. The van der Waals surface area contributed by atoms with Gasteiger partial charge in [-0.1, -0.05) is 44.4 Å². The van der Waals surface area contributed by atoms with Gasteiger partial charge in [-0.3, -0.25) is 0 Å². The second kappa shape index (κ2) is 11.4. The van der Waals surface area contributed by atoms with E-state index in [9.17, 15) is 8.78 Å². The predicted molar refractivity (Wildman–Crippen MR) is 146 cm³/mol. The van der Waals surface area contributed by atoms with Crippen molar-refractivity contribution < 1.29 is 8.78 Å². The zero-order valence-electron chi connectivity index (χ0n) is 21.0. The number of pyridine rings is 2. The van der Waals surface area contributed by atoms with Crippen LogP contribution in [0.25, 0.3) is 22.3 Å². The van der Waals surface area contributed by atoms with Crippen LogP contribution in [0.3, 0.4) is 0 Å². The Balaban J connectivity index is 1.37. The van der Waals surface area contributed by atoms with E-state index in [1.165, 1.54) is 25.3 Å². The number of benzene rings is 1. The largest absolute Gasteiger partial charge is 0.351 e. The fourth-order valence-corrected chi connectivity index (χ4v) is 5.49. The summed E-state index contributed by atoms with van der Waals surface area (Å²) in [5.41, 5.74) is 5.24. The lowest BCUT2D eigenvalue weighted by Crippen LogP contribution is -2.23. The first kappa shape index (κ1) is 25.3. The Morgan fingerprint density at radius 2 is 1.84 bits per heavy atom. The molecule has 1 fully saturated rings. The lowest BCUT2D eigenvalue weighted by Gasteiger charge is -2.22. The molecule has 0 spiro atoms. The van der Waals surface area contributed by atoms with Crippen molar-refractivity contribution in [3.05, 3.63) is 65.5 Å². The monoisotopic (exact) mass is 520 g/mol. The third kappa shape index (κ3) is 5.82. The van der Waals surface area contributed by atoms with Crippen LogP contribution in [-0.4, -0.2) is 26.0 Å². The van der Waals surface area contributed by atoms with Crippen molar-refractivity contribution in [2.24, 2.45) is 0 Å². The number of nitrogens with zero attached hydrogens (tertiary/aromatic N) is 4. The second-order valence-electron chi connectivity index (χ2n) is 9.30. The van der Waals surface area contributed by atoms with Gasteiger partial charge in [0, 0.05) is 27.8 Å². The number of nitrogens with one attached hydrogen (secondary N) is 2. The Kier molecular flexibility index (Phi) is 7.79. The van der Waals surface area contributed by atoms with Crippen LogP contribution < -0.4 is 10.0 Å². The van der Waals surface area contributed by atoms with E-state index in [4.69, 9.17) is 9.97 Å². The van der Waals surface area contributed by atoms with Crippen molar-refractivity contribution >= 4 is 34.7 Å². The lowest BCUT2D eigenvalue weighted by atomic mass is 9.96. The molecule has 3 heterocycles. The summed E-state index contributed by atoms with van der Waals surface area (Å²) in [6.07, 6.45) is 6.21. The molecule has 1 aromatic carbocycles. The summed E-state index contributed by atoms with van der Waals surface area (Å²) in [6.45, 7) is 4.03. The molecule has 37 heavy (non-hydrogen) atoms. The molecule has 1 saturated carbocycles. The quantitative estimate of drug-likeness (QED) is 0.230. The highest BCUT2D eigenvalue weighted by molar-refractivity contribution is 8.00. The molecule has 0 amide bonds. The molecule has 0 unspecified atom stereocenters. The number of fused-ring (bicyclic) bond motifs is 1. The molecular formula is C28H30F2N6S. The summed E-state index contributed by atoms with van der Waals surface area (Å²) in [5, 5.41) is 3.51. The smallest absolute Gasteiger partial charge is 0.264 e. The van der Waals surface area contributed by atoms with Crippen LogP contribution in [0.5, 0.6) is 0 Å². The summed E-state index contributed by atoms with van der Waals surface area (Å²) in [4.78, 5) is 19.4. The molecule has 5 rings (SSSR count). The van der Waals surface area contributed by atoms with Gasteiger partial charge in [-0.25, -0.2) is 28.7 Å². The molecule has 0 bridgehead atoms. The Labute approximate surface area is 219 Å². The fraction of sp³-hybridized carbons (Fsp3) is 0.357. The van der Waals surface area contributed by atoms with Gasteiger partial charge in [-0.15, -0.1) is 0 Å². The van der Waals surface area contributed by atoms with Crippen molar-refractivity contribution in [2.75, 3.05) is 10.0 Å². The van der Waals surface area contributed by atoms with Crippen LogP contribution in [0.2, 0.25) is 0 Å². The van der Waals surface area contributed by atoms with Gasteiger partial charge in [0.2, 0.25) is 5.95 Å². The van der Waals surface area contributed by atoms with E-state index in [0.717, 1.165) is 64.8 Å². The molecule has 4 aromatic rings. The van der Waals surface area contributed by atoms with Crippen LogP contribution in [0.1, 0.15) is 62.3 Å². The van der Waals surface area contributed by atoms with Crippen LogP contribution in [0, 0.1) is 6.92 Å². The van der Waals surface area contributed by atoms with Crippen LogP contribution in [-0.2, 0) is 6.42 Å². The number of aromatic nitrogens is 4. The van der Waals surface area contributed by atoms with E-state index < -0.39 is 6.43 Å². The number of hydrogen-bond acceptors (Lipinski definition) is 7. The van der Waals surface area contributed by atoms with E-state index in [-0.39, 0.29) is 5.56 Å². The van der Waals surface area contributed by atoms with Gasteiger partial charge >= 0.3 is 0 Å². The molecule has 0 atom stereocenters. The molecule has 3 aromatic heterocycles. The number of rotatable bonds is 8. The Morgan fingerprint density at radius 3 is 2.59 bits per heavy atom. The van der Waals surface area contributed by atoms with Crippen molar-refractivity contribution in [3.63, 3.8) is 0 Å². The minimum Gasteiger partial charge on any atom is -0.351 e. The summed E-state index contributed by atoms with van der Waals surface area (Å²) in [7, 11) is 0. The standard InChI is InChI=1S/C28H30F2N6S/c1-3-18-15-22(34-23-16-31-28(35-26(18)23)33-19-9-5-4-6-10-19)20-13-14-25(32-17(20)2)36-37-24-12-8-7-11-21(24)27(29)30/h7-8,11-16,19,27H,3-6,9-10H2,1-2H3,(H,32,36)(H,31,33,35). The highest BCUT2D eigenvalue weighted by Crippen LogP contribution is 2.32. The summed E-state index contributed by atoms with van der Waals surface area (Å²) in [5.74, 6) is 1.26. The summed E-state index contributed by atoms with van der Waals surface area (Å²) < 4.78 is 29.7. The first-order valence-corrected chi connectivity index (χ1v) is 13.5. The molecule has 0 saturated heterocycles. The third-order valence-electron chi connectivity index (χ3n) is 6.73. The molecule has 6 nitrogen and oxygen atoms in total. The van der Waals surface area contributed by atoms with Crippen molar-refractivity contribution in [2.45, 2.75) is 69.7 Å². The van der Waals surface area contributed by atoms with Gasteiger partial charge in [0.25, 0.3) is 6.43 Å². The van der Waals surface area contributed by atoms with Gasteiger partial charge < -0.3 is 10.0 Å². The highest BCUT2D eigenvalue weighted by atomic mass is 32.2. The molecule has 0 aliphatic heterocycles. The number of anilines is 2. The first-order chi connectivity index (χ1) is 18.0. The zero-order valence-corrected chi connectivity index (χ0v) is 21.8. The van der Waals surface area contributed by atoms with Crippen LogP contribution in [0.4, 0.5) is 20.5 Å². The van der Waals surface area contributed by atoms with E-state index in [2.05, 4.69) is 33.0 Å². The first-order valence-electron chi connectivity index (χ1n) is 12.7. The Hall–Kier alpha value is -3.33. The van der Waals surface area contributed by atoms with Crippen LogP contribution in [0.15, 0.2) is 53.6 Å². The van der Waals surface area contributed by atoms with Crippen molar-refractivity contribution in [1.82, 2.24) is 19.9 Å². The van der Waals surface area contributed by atoms with Gasteiger partial charge in [-0.2, -0.15) is 0 Å². The Morgan fingerprint density at radius 1 is 1.03 bits per heavy atom. The molecule has 9 heteroatoms. The topological polar surface area (TPSA) is 75.6 Å². The van der Waals surface area contributed by atoms with Gasteiger partial charge in [0.1, 0.15) is 11.3 Å². The SMILES string of the molecule is CCc1cc(-c2ccc(NSc3ccccc3C(F)F)nc2C)nc2cnc(NC3CCCCC3)nc12. The maximum Gasteiger partial charge on any atom is 0.264 e. The van der Waals surface area contributed by atoms with E-state index in [0.29, 0.717) is 22.7 Å². The average molecular weight is 521 g/mol. The normalized spacial score (nSPS) is 14.3. The maximum absolute atomic E-state index is 13.3. The van der Waals surface area contributed by atoms with Gasteiger partial charge in [0.15, 0.2) is 0 Å².